The molecule has 0 saturated carbocycles. The molecule has 1 aliphatic rings. The van der Waals surface area contributed by atoms with E-state index in [1.54, 1.807) is 6.07 Å². The molecule has 5 nitrogen and oxygen atoms in total. The second-order valence-corrected chi connectivity index (χ2v) is 5.24. The van der Waals surface area contributed by atoms with Crippen LogP contribution in [0.3, 0.4) is 0 Å². The van der Waals surface area contributed by atoms with Crippen LogP contribution in [0.25, 0.3) is 10.9 Å². The molecule has 3 rings (SSSR count). The van der Waals surface area contributed by atoms with Gasteiger partial charge in [0.2, 0.25) is 5.91 Å². The van der Waals surface area contributed by atoms with Crippen molar-refractivity contribution in [3.8, 4) is 0 Å². The van der Waals surface area contributed by atoms with Gasteiger partial charge in [-0.2, -0.15) is 0 Å². The first kappa shape index (κ1) is 12.8. The number of nitrogens with zero attached hydrogens (tertiary/aromatic N) is 3. The highest BCUT2D eigenvalue weighted by molar-refractivity contribution is 5.81. The van der Waals surface area contributed by atoms with Gasteiger partial charge in [0.05, 0.1) is 17.2 Å². The molecule has 1 saturated heterocycles. The van der Waals surface area contributed by atoms with Crippen LogP contribution < -0.4 is 5.56 Å². The summed E-state index contributed by atoms with van der Waals surface area (Å²) in [7, 11) is 0. The number of aryl methyl sites for hydroxylation is 1. The van der Waals surface area contributed by atoms with Crippen molar-refractivity contribution < 1.29 is 4.79 Å². The zero-order chi connectivity index (χ0) is 14.1. The Labute approximate surface area is 116 Å². The van der Waals surface area contributed by atoms with Crippen LogP contribution in [0.4, 0.5) is 0 Å². The Morgan fingerprint density at radius 2 is 2.05 bits per heavy atom. The van der Waals surface area contributed by atoms with E-state index in [4.69, 9.17) is 0 Å². The number of aromatic nitrogens is 2. The first-order valence-corrected chi connectivity index (χ1v) is 6.89. The number of benzene rings is 1. The largest absolute Gasteiger partial charge is 0.341 e. The SMILES string of the molecule is Cc1cccc2c(=O)n(CC(=O)N3CCCC3)cnc12. The Morgan fingerprint density at radius 3 is 2.80 bits per heavy atom. The first-order chi connectivity index (χ1) is 9.66. The van der Waals surface area contributed by atoms with Gasteiger partial charge < -0.3 is 4.90 Å². The molecule has 0 aliphatic carbocycles. The standard InChI is InChI=1S/C15H17N3O2/c1-11-5-4-6-12-14(11)16-10-18(15(12)20)9-13(19)17-7-2-3-8-17/h4-6,10H,2-3,7-9H2,1H3. The van der Waals surface area contributed by atoms with Crippen LogP contribution in [-0.4, -0.2) is 33.4 Å². The van der Waals surface area contributed by atoms with Crippen molar-refractivity contribution in [1.82, 2.24) is 14.5 Å². The van der Waals surface area contributed by atoms with Gasteiger partial charge in [-0.1, -0.05) is 12.1 Å². The zero-order valence-electron chi connectivity index (χ0n) is 11.5. The van der Waals surface area contributed by atoms with Gasteiger partial charge in [0.25, 0.3) is 5.56 Å². The summed E-state index contributed by atoms with van der Waals surface area (Å²) in [6.07, 6.45) is 3.58. The minimum absolute atomic E-state index is 0.00148. The van der Waals surface area contributed by atoms with Crippen molar-refractivity contribution in [1.29, 1.82) is 0 Å². The molecule has 1 aromatic heterocycles. The fourth-order valence-electron chi connectivity index (χ4n) is 2.66. The highest BCUT2D eigenvalue weighted by atomic mass is 16.2. The molecule has 5 heteroatoms. The van der Waals surface area contributed by atoms with Crippen LogP contribution in [0.5, 0.6) is 0 Å². The summed E-state index contributed by atoms with van der Waals surface area (Å²) in [5.41, 5.74) is 1.53. The quantitative estimate of drug-likeness (QED) is 0.828. The monoisotopic (exact) mass is 271 g/mol. The van der Waals surface area contributed by atoms with Crippen molar-refractivity contribution in [2.45, 2.75) is 26.3 Å². The van der Waals surface area contributed by atoms with Gasteiger partial charge in [-0.15, -0.1) is 0 Å². The van der Waals surface area contributed by atoms with Crippen molar-refractivity contribution in [2.24, 2.45) is 0 Å². The van der Waals surface area contributed by atoms with Gasteiger partial charge in [0, 0.05) is 13.1 Å². The van der Waals surface area contributed by atoms with Crippen molar-refractivity contribution in [2.75, 3.05) is 13.1 Å². The van der Waals surface area contributed by atoms with E-state index in [1.165, 1.54) is 10.9 Å². The van der Waals surface area contributed by atoms with E-state index < -0.39 is 0 Å². The van der Waals surface area contributed by atoms with Gasteiger partial charge >= 0.3 is 0 Å². The maximum absolute atomic E-state index is 12.4. The van der Waals surface area contributed by atoms with Crippen LogP contribution >= 0.6 is 0 Å². The fourth-order valence-corrected chi connectivity index (χ4v) is 2.66. The molecule has 0 spiro atoms. The molecule has 1 fully saturated rings. The third-order valence-corrected chi connectivity index (χ3v) is 3.82. The Hall–Kier alpha value is -2.17. The number of hydrogen-bond acceptors (Lipinski definition) is 3. The molecule has 0 radical (unpaired) electrons. The molecule has 2 aromatic rings. The maximum Gasteiger partial charge on any atom is 0.261 e. The average molecular weight is 271 g/mol. The molecular formula is C15H17N3O2. The summed E-state index contributed by atoms with van der Waals surface area (Å²) in [5, 5.41) is 0.571. The Balaban J connectivity index is 1.94. The molecule has 104 valence electrons. The fraction of sp³-hybridized carbons (Fsp3) is 0.400. The molecule has 0 atom stereocenters. The molecule has 0 unspecified atom stereocenters. The van der Waals surface area contributed by atoms with E-state index >= 15 is 0 Å². The topological polar surface area (TPSA) is 55.2 Å². The van der Waals surface area contributed by atoms with Gasteiger partial charge in [-0.3, -0.25) is 14.2 Å². The lowest BCUT2D eigenvalue weighted by Crippen LogP contribution is -2.34. The first-order valence-electron chi connectivity index (χ1n) is 6.89. The van der Waals surface area contributed by atoms with Crippen LogP contribution in [0, 0.1) is 6.92 Å². The van der Waals surface area contributed by atoms with Crippen molar-refractivity contribution in [3.63, 3.8) is 0 Å². The van der Waals surface area contributed by atoms with Gasteiger partial charge in [0.1, 0.15) is 6.54 Å². The van der Waals surface area contributed by atoms with E-state index in [0.717, 1.165) is 31.5 Å². The number of fused-ring (bicyclic) bond motifs is 1. The second-order valence-electron chi connectivity index (χ2n) is 5.24. The van der Waals surface area contributed by atoms with Crippen molar-refractivity contribution in [3.05, 3.63) is 40.4 Å². The highest BCUT2D eigenvalue weighted by Gasteiger charge is 2.18. The zero-order valence-corrected chi connectivity index (χ0v) is 11.5. The molecule has 2 heterocycles. The molecule has 1 amide bonds. The Morgan fingerprint density at radius 1 is 1.30 bits per heavy atom. The number of carbonyl (C=O) groups excluding carboxylic acids is 1. The number of likely N-dealkylation sites (tertiary alicyclic amines) is 1. The van der Waals surface area contributed by atoms with Crippen LogP contribution in [0.2, 0.25) is 0 Å². The summed E-state index contributed by atoms with van der Waals surface area (Å²) < 4.78 is 1.41. The number of rotatable bonds is 2. The van der Waals surface area contributed by atoms with E-state index in [2.05, 4.69) is 4.98 Å². The predicted molar refractivity (Wildman–Crippen MR) is 76.6 cm³/mol. The third kappa shape index (κ3) is 2.19. The molecule has 0 bridgehead atoms. The van der Waals surface area contributed by atoms with Crippen LogP contribution in [0.15, 0.2) is 29.3 Å². The summed E-state index contributed by atoms with van der Waals surface area (Å²) in [5.74, 6) is -0.00148. The molecule has 20 heavy (non-hydrogen) atoms. The van der Waals surface area contributed by atoms with Gasteiger partial charge in [-0.05, 0) is 31.4 Å². The summed E-state index contributed by atoms with van der Waals surface area (Å²) in [4.78, 5) is 30.6. The van der Waals surface area contributed by atoms with E-state index in [1.807, 2.05) is 24.0 Å². The highest BCUT2D eigenvalue weighted by Crippen LogP contribution is 2.12. The number of hydrogen-bond donors (Lipinski definition) is 0. The lowest BCUT2D eigenvalue weighted by atomic mass is 10.1. The molecule has 0 N–H and O–H groups in total. The lowest BCUT2D eigenvalue weighted by Gasteiger charge is -2.16. The normalized spacial score (nSPS) is 14.9. The Bertz CT molecular complexity index is 715. The minimum Gasteiger partial charge on any atom is -0.341 e. The van der Waals surface area contributed by atoms with Crippen LogP contribution in [-0.2, 0) is 11.3 Å². The van der Waals surface area contributed by atoms with Gasteiger partial charge in [0.15, 0.2) is 0 Å². The van der Waals surface area contributed by atoms with E-state index in [0.29, 0.717) is 10.9 Å². The molecular weight excluding hydrogens is 254 g/mol. The molecule has 1 aromatic carbocycles. The van der Waals surface area contributed by atoms with Crippen molar-refractivity contribution >= 4 is 16.8 Å². The lowest BCUT2D eigenvalue weighted by molar-refractivity contribution is -0.130. The second kappa shape index (κ2) is 5.07. The molecule has 1 aliphatic heterocycles. The predicted octanol–water partition coefficient (Wildman–Crippen LogP) is 1.33. The smallest absolute Gasteiger partial charge is 0.261 e. The average Bonchev–Trinajstić information content (AvgIpc) is 2.97. The Kier molecular flexibility index (Phi) is 3.26. The van der Waals surface area contributed by atoms with Crippen LogP contribution in [0.1, 0.15) is 18.4 Å². The minimum atomic E-state index is -0.147. The van der Waals surface area contributed by atoms with E-state index in [-0.39, 0.29) is 18.0 Å². The summed E-state index contributed by atoms with van der Waals surface area (Å²) in [6.45, 7) is 3.60. The van der Waals surface area contributed by atoms with E-state index in [9.17, 15) is 9.59 Å². The number of amides is 1. The van der Waals surface area contributed by atoms with Gasteiger partial charge in [-0.25, -0.2) is 4.98 Å². The third-order valence-electron chi connectivity index (χ3n) is 3.82. The maximum atomic E-state index is 12.4. The number of para-hydroxylation sites is 1. The summed E-state index contributed by atoms with van der Waals surface area (Å²) >= 11 is 0. The number of carbonyl (C=O) groups is 1. The summed E-state index contributed by atoms with van der Waals surface area (Å²) in [6, 6.07) is 5.52.